The summed E-state index contributed by atoms with van der Waals surface area (Å²) in [5.41, 5.74) is 5.99. The zero-order chi connectivity index (χ0) is 26.0. The van der Waals surface area contributed by atoms with Gasteiger partial charge in [0, 0.05) is 45.2 Å². The number of rotatable bonds is 7. The number of nitrogens with two attached hydrogens (primary N) is 1. The Morgan fingerprint density at radius 2 is 1.97 bits per heavy atom. The molecule has 2 aromatic heterocycles. The van der Waals surface area contributed by atoms with Crippen molar-refractivity contribution in [2.75, 3.05) is 23.3 Å². The van der Waals surface area contributed by atoms with Crippen LogP contribution in [0.25, 0.3) is 11.2 Å². The van der Waals surface area contributed by atoms with E-state index in [1.54, 1.807) is 28.8 Å². The predicted octanol–water partition coefficient (Wildman–Crippen LogP) is 1.24. The monoisotopic (exact) mass is 493 g/mol. The van der Waals surface area contributed by atoms with Crippen LogP contribution in [0.3, 0.4) is 0 Å². The van der Waals surface area contributed by atoms with Crippen LogP contribution in [0.4, 0.5) is 11.6 Å². The maximum Gasteiger partial charge on any atom is 0.332 e. The minimum absolute atomic E-state index is 0.00416. The highest BCUT2D eigenvalue weighted by Gasteiger charge is 2.26. The maximum absolute atomic E-state index is 13.7. The molecule has 1 amide bonds. The van der Waals surface area contributed by atoms with E-state index < -0.39 is 23.6 Å². The molecule has 190 valence electrons. The van der Waals surface area contributed by atoms with Crippen molar-refractivity contribution < 1.29 is 9.59 Å². The standard InChI is InChI=1S/C25H31N7O4/c1-4-5-13-31-21-22(28-24(31)30-12-8-9-17(26)14-30)29(3)25(36)32(23(21)35)15-20(34)18-10-6-7-11-19(18)27-16(2)33/h4-7,10-11,17H,8-9,12-15,26H2,1-3H3,(H,27,33)/t17-/m0/s1. The normalized spacial score (nSPS) is 16.1. The van der Waals surface area contributed by atoms with E-state index in [4.69, 9.17) is 5.73 Å². The number of amides is 1. The van der Waals surface area contributed by atoms with Crippen LogP contribution in [-0.2, 0) is 24.9 Å². The molecule has 0 aliphatic carbocycles. The molecular weight excluding hydrogens is 462 g/mol. The van der Waals surface area contributed by atoms with Crippen LogP contribution in [0, 0.1) is 0 Å². The molecule has 1 saturated heterocycles. The third-order valence-electron chi connectivity index (χ3n) is 6.32. The smallest absolute Gasteiger partial charge is 0.332 e. The number of hydrogen-bond donors (Lipinski definition) is 2. The molecule has 1 atom stereocenters. The average molecular weight is 494 g/mol. The summed E-state index contributed by atoms with van der Waals surface area (Å²) in [5, 5.41) is 2.62. The summed E-state index contributed by atoms with van der Waals surface area (Å²) in [4.78, 5) is 58.4. The van der Waals surface area contributed by atoms with Gasteiger partial charge in [0.25, 0.3) is 5.56 Å². The number of allylic oxidation sites excluding steroid dienone is 2. The summed E-state index contributed by atoms with van der Waals surface area (Å²) >= 11 is 0. The fourth-order valence-corrected chi connectivity index (χ4v) is 4.57. The number of carbonyl (C=O) groups excluding carboxylic acids is 2. The van der Waals surface area contributed by atoms with E-state index in [9.17, 15) is 19.2 Å². The van der Waals surface area contributed by atoms with Crippen molar-refractivity contribution in [2.45, 2.75) is 45.8 Å². The van der Waals surface area contributed by atoms with Gasteiger partial charge in [0.05, 0.1) is 12.2 Å². The number of imidazole rings is 1. The molecule has 1 aromatic carbocycles. The first-order chi connectivity index (χ1) is 17.2. The molecule has 3 N–H and O–H groups in total. The van der Waals surface area contributed by atoms with Crippen LogP contribution in [-0.4, -0.2) is 49.5 Å². The minimum Gasteiger partial charge on any atom is -0.341 e. The Morgan fingerprint density at radius 3 is 2.67 bits per heavy atom. The second-order valence-electron chi connectivity index (χ2n) is 8.99. The Labute approximate surface area is 207 Å². The number of para-hydroxylation sites is 1. The maximum atomic E-state index is 13.7. The second-order valence-corrected chi connectivity index (χ2v) is 8.99. The number of fused-ring (bicyclic) bond motifs is 1. The van der Waals surface area contributed by atoms with Crippen molar-refractivity contribution >= 4 is 34.5 Å². The number of benzene rings is 1. The van der Waals surface area contributed by atoms with Crippen LogP contribution < -0.4 is 27.2 Å². The number of nitrogens with zero attached hydrogens (tertiary/aromatic N) is 5. The van der Waals surface area contributed by atoms with Gasteiger partial charge in [-0.2, -0.15) is 4.98 Å². The molecule has 11 nitrogen and oxygen atoms in total. The molecule has 0 bridgehead atoms. The van der Waals surface area contributed by atoms with E-state index >= 15 is 0 Å². The lowest BCUT2D eigenvalue weighted by Gasteiger charge is -2.31. The lowest BCUT2D eigenvalue weighted by Crippen LogP contribution is -2.44. The molecule has 1 fully saturated rings. The number of piperidine rings is 1. The number of Topliss-reactive ketones (excluding diaryl/α,β-unsaturated/α-hetero) is 1. The van der Waals surface area contributed by atoms with Gasteiger partial charge in [-0.25, -0.2) is 4.79 Å². The average Bonchev–Trinajstić information content (AvgIpc) is 3.23. The lowest BCUT2D eigenvalue weighted by molar-refractivity contribution is -0.114. The van der Waals surface area contributed by atoms with Crippen molar-refractivity contribution in [3.63, 3.8) is 0 Å². The molecule has 4 rings (SSSR count). The molecule has 0 saturated carbocycles. The third kappa shape index (κ3) is 4.74. The molecule has 0 spiro atoms. The van der Waals surface area contributed by atoms with Crippen molar-refractivity contribution in [2.24, 2.45) is 12.8 Å². The number of aryl methyl sites for hydroxylation is 1. The summed E-state index contributed by atoms with van der Waals surface area (Å²) < 4.78 is 4.00. The summed E-state index contributed by atoms with van der Waals surface area (Å²) in [6.45, 7) is 4.47. The van der Waals surface area contributed by atoms with Crippen LogP contribution in [0.5, 0.6) is 0 Å². The van der Waals surface area contributed by atoms with Gasteiger partial charge in [0.15, 0.2) is 16.9 Å². The Kier molecular flexibility index (Phi) is 7.20. The summed E-state index contributed by atoms with van der Waals surface area (Å²) in [6.07, 6.45) is 5.59. The van der Waals surface area contributed by atoms with E-state index in [0.29, 0.717) is 24.7 Å². The van der Waals surface area contributed by atoms with Crippen molar-refractivity contribution in [3.8, 4) is 0 Å². The Balaban J connectivity index is 1.84. The van der Waals surface area contributed by atoms with Gasteiger partial charge < -0.3 is 20.5 Å². The number of anilines is 2. The molecule has 3 aromatic rings. The summed E-state index contributed by atoms with van der Waals surface area (Å²) in [5.74, 6) is -0.229. The first kappa shape index (κ1) is 25.1. The Hall–Kier alpha value is -3.99. The quantitative estimate of drug-likeness (QED) is 0.373. The van der Waals surface area contributed by atoms with Gasteiger partial charge in [-0.1, -0.05) is 24.3 Å². The van der Waals surface area contributed by atoms with E-state index in [2.05, 4.69) is 10.3 Å². The zero-order valence-corrected chi connectivity index (χ0v) is 20.7. The van der Waals surface area contributed by atoms with Crippen LogP contribution in [0.2, 0.25) is 0 Å². The topological polar surface area (TPSA) is 137 Å². The first-order valence-corrected chi connectivity index (χ1v) is 11.9. The Bertz CT molecular complexity index is 1460. The van der Waals surface area contributed by atoms with E-state index in [1.165, 1.54) is 18.5 Å². The summed E-state index contributed by atoms with van der Waals surface area (Å²) in [6, 6.07) is 6.49. The first-order valence-electron chi connectivity index (χ1n) is 11.9. The highest BCUT2D eigenvalue weighted by atomic mass is 16.2. The Morgan fingerprint density at radius 1 is 1.22 bits per heavy atom. The van der Waals surface area contributed by atoms with Crippen LogP contribution in [0.1, 0.15) is 37.0 Å². The highest BCUT2D eigenvalue weighted by molar-refractivity contribution is 6.04. The summed E-state index contributed by atoms with van der Waals surface area (Å²) in [7, 11) is 1.54. The molecule has 3 heterocycles. The second kappa shape index (κ2) is 10.3. The van der Waals surface area contributed by atoms with Crippen molar-refractivity contribution in [1.29, 1.82) is 0 Å². The number of hydrogen-bond acceptors (Lipinski definition) is 7. The van der Waals surface area contributed by atoms with Crippen molar-refractivity contribution in [3.05, 3.63) is 62.8 Å². The molecule has 0 radical (unpaired) electrons. The van der Waals surface area contributed by atoms with Gasteiger partial charge >= 0.3 is 5.69 Å². The van der Waals surface area contributed by atoms with Crippen LogP contribution in [0.15, 0.2) is 46.0 Å². The van der Waals surface area contributed by atoms with Gasteiger partial charge in [-0.05, 0) is 31.9 Å². The zero-order valence-electron chi connectivity index (χ0n) is 20.7. The number of nitrogens with one attached hydrogen (secondary N) is 1. The van der Waals surface area contributed by atoms with E-state index in [-0.39, 0.29) is 28.7 Å². The van der Waals surface area contributed by atoms with Gasteiger partial charge in [0.1, 0.15) is 0 Å². The number of ketones is 1. The molecule has 11 heteroatoms. The molecule has 36 heavy (non-hydrogen) atoms. The largest absolute Gasteiger partial charge is 0.341 e. The fourth-order valence-electron chi connectivity index (χ4n) is 4.57. The SMILES string of the molecule is CC=CCn1c(N2CCC[C@H](N)C2)nc2c1c(=O)n(CC(=O)c1ccccc1NC(C)=O)c(=O)n2C. The van der Waals surface area contributed by atoms with Gasteiger partial charge in [-0.15, -0.1) is 0 Å². The highest BCUT2D eigenvalue weighted by Crippen LogP contribution is 2.23. The van der Waals surface area contributed by atoms with E-state index in [0.717, 1.165) is 24.0 Å². The molecule has 1 aliphatic heterocycles. The van der Waals surface area contributed by atoms with Crippen molar-refractivity contribution in [1.82, 2.24) is 18.7 Å². The number of aromatic nitrogens is 4. The fraction of sp³-hybridized carbons (Fsp3) is 0.400. The molecule has 0 unspecified atom stereocenters. The van der Waals surface area contributed by atoms with Gasteiger partial charge in [-0.3, -0.25) is 23.5 Å². The molecular formula is C25H31N7O4. The van der Waals surface area contributed by atoms with E-state index in [1.807, 2.05) is 24.0 Å². The number of carbonyl (C=O) groups is 2. The minimum atomic E-state index is -0.643. The third-order valence-corrected chi connectivity index (χ3v) is 6.32. The van der Waals surface area contributed by atoms with Gasteiger partial charge in [0.2, 0.25) is 11.9 Å². The predicted molar refractivity (Wildman–Crippen MR) is 139 cm³/mol. The lowest BCUT2D eigenvalue weighted by atomic mass is 10.1. The van der Waals surface area contributed by atoms with Crippen LogP contribution >= 0.6 is 0 Å². The molecule has 1 aliphatic rings.